The van der Waals surface area contributed by atoms with Crippen LogP contribution in [0.15, 0.2) is 4.99 Å². The van der Waals surface area contributed by atoms with Crippen LogP contribution in [-0.2, 0) is 4.79 Å². The van der Waals surface area contributed by atoms with Crippen LogP contribution in [0.4, 0.5) is 0 Å². The van der Waals surface area contributed by atoms with Crippen molar-refractivity contribution in [2.24, 2.45) is 10.7 Å². The molecule has 0 saturated heterocycles. The number of carboxylic acid groups (broad SMARTS) is 1. The zero-order chi connectivity index (χ0) is 9.68. The number of carbonyl (C=O) groups is 1. The maximum absolute atomic E-state index is 10.3. The van der Waals surface area contributed by atoms with Gasteiger partial charge in [-0.3, -0.25) is 9.79 Å². The Hall–Kier alpha value is -1.10. The van der Waals surface area contributed by atoms with Crippen molar-refractivity contribution in [3.05, 3.63) is 0 Å². The molecular formula is C8H15N3O2. The summed E-state index contributed by atoms with van der Waals surface area (Å²) in [6.45, 7) is 1.47. The van der Waals surface area contributed by atoms with E-state index in [1.54, 1.807) is 0 Å². The fourth-order valence-electron chi connectivity index (χ4n) is 1.18. The molecule has 0 spiro atoms. The Morgan fingerprint density at radius 2 is 2.54 bits per heavy atom. The second-order valence-electron chi connectivity index (χ2n) is 3.09. The average Bonchev–Trinajstić information content (AvgIpc) is 2.56. The van der Waals surface area contributed by atoms with Gasteiger partial charge in [0.05, 0.1) is 5.84 Å². The minimum Gasteiger partial charge on any atom is -0.480 e. The van der Waals surface area contributed by atoms with Crippen molar-refractivity contribution in [2.45, 2.75) is 25.3 Å². The van der Waals surface area contributed by atoms with Crippen LogP contribution in [0.2, 0.25) is 0 Å². The molecule has 0 aromatic heterocycles. The summed E-state index contributed by atoms with van der Waals surface area (Å²) in [5, 5.41) is 11.6. The molecule has 0 saturated carbocycles. The molecule has 1 atom stereocenters. The standard InChI is InChI=1S/C8H15N3O2/c9-6(8(12)13)3-5-11-7-2-1-4-10-7/h6H,1-5,9H2,(H,10,11)(H,12,13). The van der Waals surface area contributed by atoms with Crippen LogP contribution in [0.5, 0.6) is 0 Å². The number of aliphatic carboxylic acids is 1. The Morgan fingerprint density at radius 1 is 1.77 bits per heavy atom. The molecule has 0 bridgehead atoms. The second-order valence-corrected chi connectivity index (χ2v) is 3.09. The highest BCUT2D eigenvalue weighted by Gasteiger charge is 2.11. The molecule has 1 aliphatic rings. The van der Waals surface area contributed by atoms with Gasteiger partial charge in [0.25, 0.3) is 0 Å². The summed E-state index contributed by atoms with van der Waals surface area (Å²) in [5.74, 6) is 0.0350. The number of nitrogens with zero attached hydrogens (tertiary/aromatic N) is 1. The molecule has 1 rings (SSSR count). The van der Waals surface area contributed by atoms with Gasteiger partial charge in [-0.2, -0.15) is 0 Å². The predicted molar refractivity (Wildman–Crippen MR) is 49.8 cm³/mol. The predicted octanol–water partition coefficient (Wildman–Crippen LogP) is -0.430. The number of aliphatic imine (C=N–C) groups is 1. The van der Waals surface area contributed by atoms with Gasteiger partial charge in [-0.25, -0.2) is 0 Å². The van der Waals surface area contributed by atoms with Crippen molar-refractivity contribution in [1.29, 1.82) is 0 Å². The fourth-order valence-corrected chi connectivity index (χ4v) is 1.18. The Morgan fingerprint density at radius 3 is 3.08 bits per heavy atom. The van der Waals surface area contributed by atoms with Gasteiger partial charge in [-0.15, -0.1) is 0 Å². The molecule has 5 heteroatoms. The van der Waals surface area contributed by atoms with Crippen LogP contribution in [0.3, 0.4) is 0 Å². The quantitative estimate of drug-likeness (QED) is 0.554. The van der Waals surface area contributed by atoms with Crippen LogP contribution < -0.4 is 11.1 Å². The summed E-state index contributed by atoms with van der Waals surface area (Å²) in [6, 6.07) is -0.769. The van der Waals surface area contributed by atoms with E-state index in [0.717, 1.165) is 25.2 Å². The van der Waals surface area contributed by atoms with Crippen LogP contribution >= 0.6 is 0 Å². The molecule has 0 fully saturated rings. The number of hydrogen-bond donors (Lipinski definition) is 3. The molecule has 74 valence electrons. The first kappa shape index (κ1) is 9.98. The molecule has 4 N–H and O–H groups in total. The number of nitrogens with one attached hydrogen (secondary N) is 1. The molecule has 1 heterocycles. The van der Waals surface area contributed by atoms with Gasteiger partial charge in [0.2, 0.25) is 0 Å². The average molecular weight is 185 g/mol. The van der Waals surface area contributed by atoms with E-state index in [1.807, 2.05) is 0 Å². The lowest BCUT2D eigenvalue weighted by Crippen LogP contribution is -2.35. The van der Waals surface area contributed by atoms with E-state index in [4.69, 9.17) is 10.8 Å². The molecule has 0 amide bonds. The molecule has 0 aromatic rings. The summed E-state index contributed by atoms with van der Waals surface area (Å²) < 4.78 is 0. The summed E-state index contributed by atoms with van der Waals surface area (Å²) in [4.78, 5) is 14.5. The van der Waals surface area contributed by atoms with Crippen molar-refractivity contribution in [3.8, 4) is 0 Å². The zero-order valence-electron chi connectivity index (χ0n) is 7.49. The maximum Gasteiger partial charge on any atom is 0.320 e. The largest absolute Gasteiger partial charge is 0.480 e. The molecule has 0 radical (unpaired) electrons. The molecular weight excluding hydrogens is 170 g/mol. The van der Waals surface area contributed by atoms with E-state index >= 15 is 0 Å². The Balaban J connectivity index is 2.09. The highest BCUT2D eigenvalue weighted by atomic mass is 16.4. The number of rotatable bonds is 4. The lowest BCUT2D eigenvalue weighted by molar-refractivity contribution is -0.138. The van der Waals surface area contributed by atoms with E-state index in [-0.39, 0.29) is 0 Å². The third-order valence-electron chi connectivity index (χ3n) is 1.98. The van der Waals surface area contributed by atoms with Crippen LogP contribution in [0.1, 0.15) is 19.3 Å². The van der Waals surface area contributed by atoms with Crippen molar-refractivity contribution < 1.29 is 9.90 Å². The number of carboxylic acids is 1. The SMILES string of the molecule is NC(CCNC1=NCCC1)C(=O)O. The van der Waals surface area contributed by atoms with Crippen LogP contribution in [0.25, 0.3) is 0 Å². The van der Waals surface area contributed by atoms with Gasteiger partial charge in [-0.05, 0) is 12.8 Å². The summed E-state index contributed by atoms with van der Waals surface area (Å²) >= 11 is 0. The minimum atomic E-state index is -0.949. The Labute approximate surface area is 77.0 Å². The lowest BCUT2D eigenvalue weighted by atomic mass is 10.2. The summed E-state index contributed by atoms with van der Waals surface area (Å²) in [5.41, 5.74) is 5.32. The number of hydrogen-bond acceptors (Lipinski definition) is 4. The van der Waals surface area contributed by atoms with E-state index in [9.17, 15) is 4.79 Å². The van der Waals surface area contributed by atoms with Crippen molar-refractivity contribution >= 4 is 11.8 Å². The number of nitrogens with two attached hydrogens (primary N) is 1. The van der Waals surface area contributed by atoms with E-state index < -0.39 is 12.0 Å². The highest BCUT2D eigenvalue weighted by Crippen LogP contribution is 2.00. The molecule has 5 nitrogen and oxygen atoms in total. The van der Waals surface area contributed by atoms with Crippen molar-refractivity contribution in [3.63, 3.8) is 0 Å². The monoisotopic (exact) mass is 185 g/mol. The Kier molecular flexibility index (Phi) is 3.70. The van der Waals surface area contributed by atoms with Gasteiger partial charge < -0.3 is 16.2 Å². The van der Waals surface area contributed by atoms with Crippen molar-refractivity contribution in [2.75, 3.05) is 13.1 Å². The minimum absolute atomic E-state index is 0.439. The summed E-state index contributed by atoms with van der Waals surface area (Å²) in [6.07, 6.45) is 2.50. The van der Waals surface area contributed by atoms with Crippen LogP contribution in [0, 0.1) is 0 Å². The molecule has 13 heavy (non-hydrogen) atoms. The first-order valence-corrected chi connectivity index (χ1v) is 4.45. The first-order chi connectivity index (χ1) is 6.20. The van der Waals surface area contributed by atoms with Gasteiger partial charge in [0.1, 0.15) is 6.04 Å². The molecule has 1 unspecified atom stereocenters. The van der Waals surface area contributed by atoms with Gasteiger partial charge in [0.15, 0.2) is 0 Å². The fraction of sp³-hybridized carbons (Fsp3) is 0.750. The third-order valence-corrected chi connectivity index (χ3v) is 1.98. The van der Waals surface area contributed by atoms with Gasteiger partial charge in [0, 0.05) is 19.5 Å². The highest BCUT2D eigenvalue weighted by molar-refractivity contribution is 5.83. The maximum atomic E-state index is 10.3. The topological polar surface area (TPSA) is 87.7 Å². The second kappa shape index (κ2) is 4.81. The number of amidine groups is 1. The normalized spacial score (nSPS) is 18.1. The molecule has 0 aromatic carbocycles. The lowest BCUT2D eigenvalue weighted by Gasteiger charge is -2.08. The van der Waals surface area contributed by atoms with Crippen molar-refractivity contribution in [1.82, 2.24) is 5.32 Å². The smallest absolute Gasteiger partial charge is 0.320 e. The van der Waals surface area contributed by atoms with E-state index in [2.05, 4.69) is 10.3 Å². The van der Waals surface area contributed by atoms with E-state index in [0.29, 0.717) is 13.0 Å². The van der Waals surface area contributed by atoms with Crippen LogP contribution in [-0.4, -0.2) is 36.0 Å². The first-order valence-electron chi connectivity index (χ1n) is 4.45. The zero-order valence-corrected chi connectivity index (χ0v) is 7.49. The summed E-state index contributed by atoms with van der Waals surface area (Å²) in [7, 11) is 0. The molecule has 1 aliphatic heterocycles. The van der Waals surface area contributed by atoms with E-state index in [1.165, 1.54) is 0 Å². The van der Waals surface area contributed by atoms with Gasteiger partial charge >= 0.3 is 5.97 Å². The van der Waals surface area contributed by atoms with Gasteiger partial charge in [-0.1, -0.05) is 0 Å². The third kappa shape index (κ3) is 3.42. The molecule has 0 aliphatic carbocycles. The Bertz CT molecular complexity index is 215.